The van der Waals surface area contributed by atoms with Crippen molar-refractivity contribution in [2.45, 2.75) is 57.5 Å². The number of aliphatic imine (C=N–C) groups is 1. The third kappa shape index (κ3) is 5.87. The lowest BCUT2D eigenvalue weighted by atomic mass is 9.88. The second-order valence-electron chi connectivity index (χ2n) is 7.04. The molecule has 1 aromatic carbocycles. The van der Waals surface area contributed by atoms with Crippen LogP contribution in [-0.4, -0.2) is 29.9 Å². The van der Waals surface area contributed by atoms with Crippen LogP contribution in [0.2, 0.25) is 0 Å². The van der Waals surface area contributed by atoms with E-state index < -0.39 is 0 Å². The van der Waals surface area contributed by atoms with Gasteiger partial charge in [0.05, 0.1) is 6.54 Å². The summed E-state index contributed by atoms with van der Waals surface area (Å²) in [6.07, 6.45) is 8.03. The number of benzene rings is 1. The molecule has 3 N–H and O–H groups in total. The molecule has 0 aromatic heterocycles. The first-order chi connectivity index (χ1) is 11.6. The van der Waals surface area contributed by atoms with Crippen LogP contribution in [0.15, 0.2) is 29.3 Å². The molecule has 138 valence electrons. The number of carbonyl (C=O) groups is 1. The molecule has 1 aromatic rings. The van der Waals surface area contributed by atoms with Crippen LogP contribution < -0.4 is 11.1 Å². The summed E-state index contributed by atoms with van der Waals surface area (Å²) in [4.78, 5) is 18.9. The Balaban J connectivity index is 0.00000225. The molecule has 0 radical (unpaired) electrons. The van der Waals surface area contributed by atoms with Gasteiger partial charge in [0, 0.05) is 24.7 Å². The number of carbonyl (C=O) groups excluding carboxylic acids is 1. The van der Waals surface area contributed by atoms with Gasteiger partial charge in [0.2, 0.25) is 5.91 Å². The van der Waals surface area contributed by atoms with Gasteiger partial charge in [-0.3, -0.25) is 4.79 Å². The number of hydrogen-bond donors (Lipinski definition) is 2. The minimum atomic E-state index is 0. The SMILES string of the molecule is CN(C(N)=NCc1cccc(NC(=O)C2CCCCC2)c1)C1CC1.I. The molecule has 0 saturated heterocycles. The fraction of sp³-hybridized carbons (Fsp3) is 0.579. The Morgan fingerprint density at radius 1 is 1.24 bits per heavy atom. The topological polar surface area (TPSA) is 70.7 Å². The summed E-state index contributed by atoms with van der Waals surface area (Å²) >= 11 is 0. The first-order valence-electron chi connectivity index (χ1n) is 9.06. The molecule has 2 aliphatic carbocycles. The van der Waals surface area contributed by atoms with Crippen LogP contribution in [0.1, 0.15) is 50.5 Å². The summed E-state index contributed by atoms with van der Waals surface area (Å²) in [7, 11) is 2.00. The van der Waals surface area contributed by atoms with Gasteiger partial charge in [-0.1, -0.05) is 31.4 Å². The smallest absolute Gasteiger partial charge is 0.227 e. The van der Waals surface area contributed by atoms with Crippen LogP contribution in [-0.2, 0) is 11.3 Å². The van der Waals surface area contributed by atoms with Crippen LogP contribution in [0.25, 0.3) is 0 Å². The average molecular weight is 456 g/mol. The van der Waals surface area contributed by atoms with E-state index in [1.807, 2.05) is 31.3 Å². The molecule has 2 aliphatic rings. The highest BCUT2D eigenvalue weighted by molar-refractivity contribution is 14.0. The Morgan fingerprint density at radius 2 is 1.96 bits per heavy atom. The Kier molecular flexibility index (Phi) is 7.53. The molecule has 1 amide bonds. The van der Waals surface area contributed by atoms with Crippen LogP contribution in [0, 0.1) is 5.92 Å². The maximum absolute atomic E-state index is 12.4. The van der Waals surface area contributed by atoms with Gasteiger partial charge < -0.3 is 16.0 Å². The van der Waals surface area contributed by atoms with Crippen molar-refractivity contribution in [1.82, 2.24) is 4.90 Å². The number of guanidine groups is 1. The number of nitrogens with one attached hydrogen (secondary N) is 1. The third-order valence-corrected chi connectivity index (χ3v) is 5.05. The Labute approximate surface area is 167 Å². The lowest BCUT2D eigenvalue weighted by Crippen LogP contribution is -2.35. The predicted octanol–water partition coefficient (Wildman–Crippen LogP) is 3.73. The maximum Gasteiger partial charge on any atom is 0.227 e. The van der Waals surface area contributed by atoms with E-state index >= 15 is 0 Å². The van der Waals surface area contributed by atoms with Gasteiger partial charge >= 0.3 is 0 Å². The molecule has 25 heavy (non-hydrogen) atoms. The molecule has 0 atom stereocenters. The second kappa shape index (κ2) is 9.40. The summed E-state index contributed by atoms with van der Waals surface area (Å²) in [6.45, 7) is 0.538. The van der Waals surface area contributed by atoms with Gasteiger partial charge in [0.25, 0.3) is 0 Å². The molecule has 0 spiro atoms. The van der Waals surface area contributed by atoms with Crippen LogP contribution in [0.3, 0.4) is 0 Å². The molecule has 0 bridgehead atoms. The number of rotatable bonds is 5. The van der Waals surface area contributed by atoms with E-state index in [1.165, 1.54) is 32.1 Å². The highest BCUT2D eigenvalue weighted by atomic mass is 127. The first kappa shape index (κ1) is 20.0. The lowest BCUT2D eigenvalue weighted by molar-refractivity contribution is -0.120. The number of nitrogens with two attached hydrogens (primary N) is 1. The summed E-state index contributed by atoms with van der Waals surface area (Å²) in [5.74, 6) is 0.917. The molecule has 6 heteroatoms. The summed E-state index contributed by atoms with van der Waals surface area (Å²) in [5.41, 5.74) is 7.94. The average Bonchev–Trinajstić information content (AvgIpc) is 3.45. The molecule has 0 heterocycles. The number of amides is 1. The minimum absolute atomic E-state index is 0. The van der Waals surface area contributed by atoms with Gasteiger partial charge in [-0.05, 0) is 43.4 Å². The molecular weight excluding hydrogens is 427 g/mol. The van der Waals surface area contributed by atoms with Gasteiger partial charge in [0.1, 0.15) is 0 Å². The van der Waals surface area contributed by atoms with E-state index in [2.05, 4.69) is 15.2 Å². The summed E-state index contributed by atoms with van der Waals surface area (Å²) in [6, 6.07) is 8.48. The van der Waals surface area contributed by atoms with E-state index in [0.717, 1.165) is 24.1 Å². The minimum Gasteiger partial charge on any atom is -0.370 e. The fourth-order valence-corrected chi connectivity index (χ4v) is 3.29. The molecule has 5 nitrogen and oxygen atoms in total. The number of nitrogens with zero attached hydrogens (tertiary/aromatic N) is 2. The predicted molar refractivity (Wildman–Crippen MR) is 113 cm³/mol. The van der Waals surface area contributed by atoms with Crippen LogP contribution in [0.4, 0.5) is 5.69 Å². The summed E-state index contributed by atoms with van der Waals surface area (Å²) < 4.78 is 0. The zero-order chi connectivity index (χ0) is 16.9. The maximum atomic E-state index is 12.4. The highest BCUT2D eigenvalue weighted by Crippen LogP contribution is 2.26. The van der Waals surface area contributed by atoms with Crippen molar-refractivity contribution in [3.05, 3.63) is 29.8 Å². The van der Waals surface area contributed by atoms with Crippen molar-refractivity contribution in [3.63, 3.8) is 0 Å². The normalized spacial score (nSPS) is 18.4. The standard InChI is InChI=1S/C19H28N4O.HI/c1-23(17-10-11-17)19(20)21-13-14-6-5-9-16(12-14)22-18(24)15-7-3-2-4-8-15;/h5-6,9,12,15,17H,2-4,7-8,10-11,13H2,1H3,(H2,20,21)(H,22,24);1H. The summed E-state index contributed by atoms with van der Waals surface area (Å²) in [5, 5.41) is 3.06. The van der Waals surface area contributed by atoms with Crippen molar-refractivity contribution in [2.24, 2.45) is 16.6 Å². The molecule has 2 saturated carbocycles. The Bertz CT molecular complexity index is 609. The van der Waals surface area contributed by atoms with Gasteiger partial charge in [-0.25, -0.2) is 4.99 Å². The molecule has 3 rings (SSSR count). The molecule has 0 aliphatic heterocycles. The highest BCUT2D eigenvalue weighted by Gasteiger charge is 2.27. The number of halogens is 1. The second-order valence-corrected chi connectivity index (χ2v) is 7.04. The number of hydrogen-bond acceptors (Lipinski definition) is 2. The van der Waals surface area contributed by atoms with E-state index in [1.54, 1.807) is 0 Å². The Morgan fingerprint density at radius 3 is 2.64 bits per heavy atom. The van der Waals surface area contributed by atoms with Crippen LogP contribution in [0.5, 0.6) is 0 Å². The van der Waals surface area contributed by atoms with E-state index in [0.29, 0.717) is 18.5 Å². The zero-order valence-corrected chi connectivity index (χ0v) is 17.2. The largest absolute Gasteiger partial charge is 0.370 e. The van der Waals surface area contributed by atoms with Crippen LogP contribution >= 0.6 is 24.0 Å². The van der Waals surface area contributed by atoms with E-state index in [-0.39, 0.29) is 35.8 Å². The van der Waals surface area contributed by atoms with E-state index in [4.69, 9.17) is 5.73 Å². The Hall–Kier alpha value is -1.31. The molecule has 2 fully saturated rings. The quantitative estimate of drug-likeness (QED) is 0.403. The zero-order valence-electron chi connectivity index (χ0n) is 14.9. The van der Waals surface area contributed by atoms with Gasteiger partial charge in [-0.2, -0.15) is 0 Å². The monoisotopic (exact) mass is 456 g/mol. The first-order valence-corrected chi connectivity index (χ1v) is 9.06. The van der Waals surface area contributed by atoms with Gasteiger partial charge in [-0.15, -0.1) is 24.0 Å². The lowest BCUT2D eigenvalue weighted by Gasteiger charge is -2.20. The van der Waals surface area contributed by atoms with Crippen molar-refractivity contribution in [1.29, 1.82) is 0 Å². The van der Waals surface area contributed by atoms with Crippen molar-refractivity contribution >= 4 is 41.5 Å². The number of anilines is 1. The fourth-order valence-electron chi connectivity index (χ4n) is 3.29. The van der Waals surface area contributed by atoms with Crippen molar-refractivity contribution in [3.8, 4) is 0 Å². The molecule has 0 unspecified atom stereocenters. The van der Waals surface area contributed by atoms with Gasteiger partial charge in [0.15, 0.2) is 5.96 Å². The molecular formula is C19H29IN4O. The van der Waals surface area contributed by atoms with E-state index in [9.17, 15) is 4.79 Å². The van der Waals surface area contributed by atoms with Crippen molar-refractivity contribution in [2.75, 3.05) is 12.4 Å². The third-order valence-electron chi connectivity index (χ3n) is 5.05. The van der Waals surface area contributed by atoms with Crippen molar-refractivity contribution < 1.29 is 4.79 Å².